The van der Waals surface area contributed by atoms with Gasteiger partial charge in [-0.15, -0.1) is 0 Å². The Labute approximate surface area is 128 Å². The van der Waals surface area contributed by atoms with Crippen LogP contribution in [0.3, 0.4) is 0 Å². The lowest BCUT2D eigenvalue weighted by atomic mass is 10.0. The lowest BCUT2D eigenvalue weighted by molar-refractivity contribution is 0.103. The van der Waals surface area contributed by atoms with Gasteiger partial charge in [0.05, 0.1) is 5.02 Å². The Kier molecular flexibility index (Phi) is 4.79. The zero-order valence-corrected chi connectivity index (χ0v) is 12.9. The quantitative estimate of drug-likeness (QED) is 0.703. The van der Waals surface area contributed by atoms with Gasteiger partial charge in [0.15, 0.2) is 0 Å². The molecule has 1 aliphatic carbocycles. The van der Waals surface area contributed by atoms with Crippen LogP contribution in [-0.4, -0.2) is 10.8 Å². The Balaban J connectivity index is 0.000000704. The third-order valence-electron chi connectivity index (χ3n) is 3.12. The first-order valence-electron chi connectivity index (χ1n) is 6.63. The minimum Gasteiger partial charge on any atom is -0.287 e. The number of halogens is 2. The summed E-state index contributed by atoms with van der Waals surface area (Å²) in [6.07, 6.45) is 3.04. The number of hydrogen-bond donors (Lipinski definition) is 0. The molecule has 0 bridgehead atoms. The van der Waals surface area contributed by atoms with Gasteiger partial charge in [-0.2, -0.15) is 0 Å². The number of carbonyl (C=O) groups excluding carboxylic acids is 1. The van der Waals surface area contributed by atoms with Crippen LogP contribution in [0, 0.1) is 0 Å². The number of nitrogens with zero attached hydrogens (tertiary/aromatic N) is 1. The number of fused-ring (bicyclic) bond motifs is 2. The fourth-order valence-electron chi connectivity index (χ4n) is 2.26. The standard InChI is InChI=1S/C14H9Cl2NO.C2H6/c15-10-3-4-12-8(5-10)1-2-9-6-11(16)7-17-13(9)14(12)18;1-2/h3-7H,1-2H2;1-2H3. The Morgan fingerprint density at radius 3 is 2.40 bits per heavy atom. The monoisotopic (exact) mass is 307 g/mol. The summed E-state index contributed by atoms with van der Waals surface area (Å²) >= 11 is 11.9. The number of rotatable bonds is 0. The van der Waals surface area contributed by atoms with Gasteiger partial charge in [-0.3, -0.25) is 9.78 Å². The molecule has 1 aliphatic rings. The van der Waals surface area contributed by atoms with E-state index in [-0.39, 0.29) is 5.78 Å². The Bertz CT molecular complexity index is 597. The summed E-state index contributed by atoms with van der Waals surface area (Å²) in [6, 6.07) is 7.17. The summed E-state index contributed by atoms with van der Waals surface area (Å²) in [5, 5.41) is 1.21. The second kappa shape index (κ2) is 6.38. The Morgan fingerprint density at radius 1 is 1.00 bits per heavy atom. The van der Waals surface area contributed by atoms with E-state index in [1.165, 1.54) is 6.20 Å². The molecule has 20 heavy (non-hydrogen) atoms. The summed E-state index contributed by atoms with van der Waals surface area (Å²) < 4.78 is 0. The highest BCUT2D eigenvalue weighted by atomic mass is 35.5. The number of benzene rings is 1. The van der Waals surface area contributed by atoms with E-state index < -0.39 is 0 Å². The molecule has 3 rings (SSSR count). The van der Waals surface area contributed by atoms with Gasteiger partial charge in [0.2, 0.25) is 5.78 Å². The van der Waals surface area contributed by atoms with Gasteiger partial charge >= 0.3 is 0 Å². The molecule has 2 aromatic rings. The van der Waals surface area contributed by atoms with Gasteiger partial charge in [0.25, 0.3) is 0 Å². The lowest BCUT2D eigenvalue weighted by Crippen LogP contribution is -2.06. The number of carbonyl (C=O) groups is 1. The molecule has 1 aromatic heterocycles. The van der Waals surface area contributed by atoms with Crippen molar-refractivity contribution in [3.05, 3.63) is 62.9 Å². The fourth-order valence-corrected chi connectivity index (χ4v) is 2.64. The second-order valence-corrected chi connectivity index (χ2v) is 5.16. The molecule has 0 spiro atoms. The van der Waals surface area contributed by atoms with Crippen molar-refractivity contribution in [1.82, 2.24) is 4.98 Å². The first-order chi connectivity index (χ1) is 9.65. The van der Waals surface area contributed by atoms with Crippen molar-refractivity contribution < 1.29 is 4.79 Å². The summed E-state index contributed by atoms with van der Waals surface area (Å²) in [5.41, 5.74) is 3.06. The molecule has 1 aromatic carbocycles. The van der Waals surface area contributed by atoms with Crippen molar-refractivity contribution in [2.45, 2.75) is 26.7 Å². The number of hydrogen-bond acceptors (Lipinski definition) is 2. The molecule has 2 nitrogen and oxygen atoms in total. The molecule has 0 radical (unpaired) electrons. The minimum atomic E-state index is -0.0502. The molecule has 104 valence electrons. The van der Waals surface area contributed by atoms with Crippen LogP contribution in [0.15, 0.2) is 30.5 Å². The van der Waals surface area contributed by atoms with Crippen molar-refractivity contribution in [3.63, 3.8) is 0 Å². The molecule has 0 saturated carbocycles. The minimum absolute atomic E-state index is 0.0502. The third-order valence-corrected chi connectivity index (χ3v) is 3.57. The zero-order valence-electron chi connectivity index (χ0n) is 11.4. The van der Waals surface area contributed by atoms with Crippen LogP contribution in [-0.2, 0) is 12.8 Å². The largest absolute Gasteiger partial charge is 0.287 e. The van der Waals surface area contributed by atoms with Crippen molar-refractivity contribution in [2.75, 3.05) is 0 Å². The van der Waals surface area contributed by atoms with E-state index in [4.69, 9.17) is 23.2 Å². The number of ketones is 1. The normalized spacial score (nSPS) is 12.7. The van der Waals surface area contributed by atoms with E-state index in [1.54, 1.807) is 12.1 Å². The van der Waals surface area contributed by atoms with Gasteiger partial charge in [0, 0.05) is 16.8 Å². The Hall–Kier alpha value is -1.38. The SMILES string of the molecule is CC.O=C1c2ccc(Cl)cc2CCc2cc(Cl)cnc21. The summed E-state index contributed by atoms with van der Waals surface area (Å²) in [4.78, 5) is 16.6. The smallest absolute Gasteiger partial charge is 0.211 e. The van der Waals surface area contributed by atoms with E-state index >= 15 is 0 Å². The van der Waals surface area contributed by atoms with Crippen LogP contribution in [0.25, 0.3) is 0 Å². The molecule has 0 aliphatic heterocycles. The van der Waals surface area contributed by atoms with Crippen molar-refractivity contribution in [1.29, 1.82) is 0 Å². The lowest BCUT2D eigenvalue weighted by Gasteiger charge is -2.04. The number of aromatic nitrogens is 1. The third kappa shape index (κ3) is 2.87. The number of pyridine rings is 1. The van der Waals surface area contributed by atoms with Crippen molar-refractivity contribution in [3.8, 4) is 0 Å². The van der Waals surface area contributed by atoms with E-state index in [1.807, 2.05) is 26.0 Å². The van der Waals surface area contributed by atoms with Gasteiger partial charge in [-0.05, 0) is 48.2 Å². The van der Waals surface area contributed by atoms with Crippen molar-refractivity contribution in [2.24, 2.45) is 0 Å². The zero-order chi connectivity index (χ0) is 14.7. The van der Waals surface area contributed by atoms with Gasteiger partial charge in [0.1, 0.15) is 5.69 Å². The van der Waals surface area contributed by atoms with Crippen LogP contribution in [0.1, 0.15) is 41.0 Å². The maximum Gasteiger partial charge on any atom is 0.211 e. The number of aryl methyl sites for hydroxylation is 2. The van der Waals surface area contributed by atoms with E-state index in [0.29, 0.717) is 21.3 Å². The molecular formula is C16H15Cl2NO. The van der Waals surface area contributed by atoms with Crippen molar-refractivity contribution >= 4 is 29.0 Å². The maximum absolute atomic E-state index is 12.4. The van der Waals surface area contributed by atoms with Gasteiger partial charge < -0.3 is 0 Å². The van der Waals surface area contributed by atoms with Crippen LogP contribution in [0.4, 0.5) is 0 Å². The molecule has 0 fully saturated rings. The highest BCUT2D eigenvalue weighted by Crippen LogP contribution is 2.26. The Morgan fingerprint density at radius 2 is 1.65 bits per heavy atom. The topological polar surface area (TPSA) is 30.0 Å². The van der Waals surface area contributed by atoms with Crippen LogP contribution >= 0.6 is 23.2 Å². The molecule has 4 heteroatoms. The molecule has 0 unspecified atom stereocenters. The molecule has 0 atom stereocenters. The second-order valence-electron chi connectivity index (χ2n) is 4.29. The molecule has 1 heterocycles. The average Bonchev–Trinajstić information content (AvgIpc) is 2.59. The molecule has 0 amide bonds. The van der Waals surface area contributed by atoms with Crippen LogP contribution in [0.5, 0.6) is 0 Å². The fraction of sp³-hybridized carbons (Fsp3) is 0.250. The molecular weight excluding hydrogens is 293 g/mol. The van der Waals surface area contributed by atoms with Crippen LogP contribution in [0.2, 0.25) is 10.0 Å². The summed E-state index contributed by atoms with van der Waals surface area (Å²) in [6.45, 7) is 4.00. The summed E-state index contributed by atoms with van der Waals surface area (Å²) in [5.74, 6) is -0.0502. The first-order valence-corrected chi connectivity index (χ1v) is 7.38. The maximum atomic E-state index is 12.4. The highest BCUT2D eigenvalue weighted by Gasteiger charge is 2.22. The predicted molar refractivity (Wildman–Crippen MR) is 82.9 cm³/mol. The van der Waals surface area contributed by atoms with E-state index in [0.717, 1.165) is 24.0 Å². The average molecular weight is 308 g/mol. The van der Waals surface area contributed by atoms with Gasteiger partial charge in [-0.25, -0.2) is 0 Å². The van der Waals surface area contributed by atoms with Gasteiger partial charge in [-0.1, -0.05) is 37.0 Å². The van der Waals surface area contributed by atoms with Crippen LogP contribution < -0.4 is 0 Å². The summed E-state index contributed by atoms with van der Waals surface area (Å²) in [7, 11) is 0. The highest BCUT2D eigenvalue weighted by molar-refractivity contribution is 6.31. The predicted octanol–water partition coefficient (Wildman–Crippen LogP) is 4.74. The molecule has 0 saturated heterocycles. The van der Waals surface area contributed by atoms with E-state index in [9.17, 15) is 4.79 Å². The van der Waals surface area contributed by atoms with E-state index in [2.05, 4.69) is 4.98 Å². The molecule has 0 N–H and O–H groups in total. The first kappa shape index (κ1) is 15.0.